The minimum atomic E-state index is -0.533. The molecule has 0 saturated carbocycles. The molecular formula is C14H18FN3O. The number of carbonyl (C=O) groups is 1. The fourth-order valence-corrected chi connectivity index (χ4v) is 1.68. The lowest BCUT2D eigenvalue weighted by molar-refractivity contribution is -0.120. The van der Waals surface area contributed by atoms with Crippen molar-refractivity contribution in [2.45, 2.75) is 32.7 Å². The van der Waals surface area contributed by atoms with E-state index in [2.05, 4.69) is 10.6 Å². The first-order valence-corrected chi connectivity index (χ1v) is 6.33. The van der Waals surface area contributed by atoms with Crippen molar-refractivity contribution in [3.63, 3.8) is 0 Å². The van der Waals surface area contributed by atoms with E-state index >= 15 is 0 Å². The molecular weight excluding hydrogens is 245 g/mol. The van der Waals surface area contributed by atoms with Gasteiger partial charge in [-0.3, -0.25) is 4.79 Å². The molecule has 0 atom stereocenters. The molecule has 5 heteroatoms. The molecule has 4 nitrogen and oxygen atoms in total. The van der Waals surface area contributed by atoms with Crippen molar-refractivity contribution in [3.05, 3.63) is 29.6 Å². The van der Waals surface area contributed by atoms with Crippen molar-refractivity contribution in [2.75, 3.05) is 11.9 Å². The van der Waals surface area contributed by atoms with Gasteiger partial charge >= 0.3 is 0 Å². The quantitative estimate of drug-likeness (QED) is 0.828. The molecule has 0 aliphatic carbocycles. The maximum absolute atomic E-state index is 13.5. The number of carbonyl (C=O) groups excluding carboxylic acids is 1. The fraction of sp³-hybridized carbons (Fsp3) is 0.429. The van der Waals surface area contributed by atoms with Gasteiger partial charge in [0.2, 0.25) is 5.91 Å². The van der Waals surface area contributed by atoms with Gasteiger partial charge in [0.1, 0.15) is 5.82 Å². The fourth-order valence-electron chi connectivity index (χ4n) is 1.68. The van der Waals surface area contributed by atoms with E-state index in [4.69, 9.17) is 5.26 Å². The molecule has 2 N–H and O–H groups in total. The number of rotatable bonds is 6. The first-order valence-electron chi connectivity index (χ1n) is 6.33. The highest BCUT2D eigenvalue weighted by Gasteiger charge is 2.09. The summed E-state index contributed by atoms with van der Waals surface area (Å²) < 4.78 is 13.5. The molecule has 0 fully saturated rings. The van der Waals surface area contributed by atoms with Gasteiger partial charge in [0.05, 0.1) is 23.9 Å². The Balaban J connectivity index is 2.53. The molecule has 1 rings (SSSR count). The summed E-state index contributed by atoms with van der Waals surface area (Å²) in [5.41, 5.74) is 0.475. The van der Waals surface area contributed by atoms with Gasteiger partial charge in [-0.1, -0.05) is 13.8 Å². The third kappa shape index (κ3) is 4.59. The van der Waals surface area contributed by atoms with E-state index in [9.17, 15) is 9.18 Å². The SMILES string of the molecule is CCC(CC)NC(=O)CNc1ccc(C#N)cc1F. The Kier molecular flexibility index (Phi) is 5.80. The monoisotopic (exact) mass is 263 g/mol. The molecule has 0 bridgehead atoms. The number of halogens is 1. The second-order valence-corrected chi connectivity index (χ2v) is 4.24. The van der Waals surface area contributed by atoms with Crippen molar-refractivity contribution in [1.29, 1.82) is 5.26 Å². The van der Waals surface area contributed by atoms with Crippen LogP contribution in [0.3, 0.4) is 0 Å². The second kappa shape index (κ2) is 7.37. The summed E-state index contributed by atoms with van der Waals surface area (Å²) >= 11 is 0. The van der Waals surface area contributed by atoms with Crippen molar-refractivity contribution in [3.8, 4) is 6.07 Å². The van der Waals surface area contributed by atoms with Crippen molar-refractivity contribution in [2.24, 2.45) is 0 Å². The second-order valence-electron chi connectivity index (χ2n) is 4.24. The molecule has 102 valence electrons. The lowest BCUT2D eigenvalue weighted by atomic mass is 10.2. The molecule has 1 aromatic rings. The maximum atomic E-state index is 13.5. The number of nitrogens with one attached hydrogen (secondary N) is 2. The van der Waals surface area contributed by atoms with Gasteiger partial charge in [-0.15, -0.1) is 0 Å². The topological polar surface area (TPSA) is 64.9 Å². The molecule has 1 amide bonds. The van der Waals surface area contributed by atoms with E-state index in [0.717, 1.165) is 18.9 Å². The van der Waals surface area contributed by atoms with E-state index in [1.807, 2.05) is 19.9 Å². The number of hydrogen-bond acceptors (Lipinski definition) is 3. The third-order valence-corrected chi connectivity index (χ3v) is 2.89. The zero-order valence-corrected chi connectivity index (χ0v) is 11.2. The minimum absolute atomic E-state index is 0.0132. The summed E-state index contributed by atoms with van der Waals surface area (Å²) in [7, 11) is 0. The molecule has 0 unspecified atom stereocenters. The number of anilines is 1. The highest BCUT2D eigenvalue weighted by Crippen LogP contribution is 2.14. The smallest absolute Gasteiger partial charge is 0.239 e. The molecule has 0 radical (unpaired) electrons. The number of nitrogens with zero attached hydrogens (tertiary/aromatic N) is 1. The Morgan fingerprint density at radius 3 is 2.63 bits per heavy atom. The zero-order valence-electron chi connectivity index (χ0n) is 11.2. The van der Waals surface area contributed by atoms with Crippen LogP contribution in [0.2, 0.25) is 0 Å². The average Bonchev–Trinajstić information content (AvgIpc) is 2.43. The summed E-state index contributed by atoms with van der Waals surface area (Å²) in [6, 6.07) is 6.11. The Morgan fingerprint density at radius 1 is 1.42 bits per heavy atom. The summed E-state index contributed by atoms with van der Waals surface area (Å²) in [5, 5.41) is 14.2. The van der Waals surface area contributed by atoms with Crippen LogP contribution < -0.4 is 10.6 Å². The van der Waals surface area contributed by atoms with E-state index in [-0.39, 0.29) is 29.7 Å². The minimum Gasteiger partial charge on any atom is -0.374 e. The lowest BCUT2D eigenvalue weighted by Gasteiger charge is -2.15. The first-order chi connectivity index (χ1) is 9.10. The van der Waals surface area contributed by atoms with Crippen molar-refractivity contribution >= 4 is 11.6 Å². The lowest BCUT2D eigenvalue weighted by Crippen LogP contribution is -2.37. The van der Waals surface area contributed by atoms with Gasteiger partial charge in [0.15, 0.2) is 0 Å². The van der Waals surface area contributed by atoms with Crippen LogP contribution in [-0.2, 0) is 4.79 Å². The highest BCUT2D eigenvalue weighted by atomic mass is 19.1. The van der Waals surface area contributed by atoms with Crippen LogP contribution in [-0.4, -0.2) is 18.5 Å². The molecule has 0 saturated heterocycles. The zero-order chi connectivity index (χ0) is 14.3. The Bertz CT molecular complexity index is 478. The molecule has 0 aliphatic heterocycles. The van der Waals surface area contributed by atoms with Crippen LogP contribution in [0.25, 0.3) is 0 Å². The van der Waals surface area contributed by atoms with Crippen LogP contribution in [0.5, 0.6) is 0 Å². The summed E-state index contributed by atoms with van der Waals surface area (Å²) in [4.78, 5) is 11.6. The van der Waals surface area contributed by atoms with Gasteiger partial charge in [0, 0.05) is 6.04 Å². The number of hydrogen-bond donors (Lipinski definition) is 2. The number of benzene rings is 1. The predicted molar refractivity (Wildman–Crippen MR) is 72.1 cm³/mol. The van der Waals surface area contributed by atoms with Crippen LogP contribution in [0.1, 0.15) is 32.3 Å². The Hall–Kier alpha value is -2.09. The van der Waals surface area contributed by atoms with Gasteiger partial charge in [-0.05, 0) is 31.0 Å². The van der Waals surface area contributed by atoms with Crippen molar-refractivity contribution in [1.82, 2.24) is 5.32 Å². The molecule has 0 spiro atoms. The summed E-state index contributed by atoms with van der Waals surface area (Å²) in [6.45, 7) is 4.02. The normalized spacial score (nSPS) is 10.1. The van der Waals surface area contributed by atoms with Gasteiger partial charge in [-0.25, -0.2) is 4.39 Å². The summed E-state index contributed by atoms with van der Waals surface area (Å²) in [5.74, 6) is -0.702. The number of amides is 1. The standard InChI is InChI=1S/C14H18FN3O/c1-3-11(4-2)18-14(19)9-17-13-6-5-10(8-16)7-12(13)15/h5-7,11,17H,3-4,9H2,1-2H3,(H,18,19). The van der Waals surface area contributed by atoms with E-state index in [1.165, 1.54) is 12.1 Å². The Labute approximate surface area is 112 Å². The molecule has 1 aromatic carbocycles. The molecule has 0 aromatic heterocycles. The third-order valence-electron chi connectivity index (χ3n) is 2.89. The maximum Gasteiger partial charge on any atom is 0.239 e. The summed E-state index contributed by atoms with van der Waals surface area (Å²) in [6.07, 6.45) is 1.74. The Morgan fingerprint density at radius 2 is 2.11 bits per heavy atom. The molecule has 0 heterocycles. The van der Waals surface area contributed by atoms with Gasteiger partial charge in [0.25, 0.3) is 0 Å². The largest absolute Gasteiger partial charge is 0.374 e. The van der Waals surface area contributed by atoms with Gasteiger partial charge < -0.3 is 10.6 Å². The highest BCUT2D eigenvalue weighted by molar-refractivity contribution is 5.81. The van der Waals surface area contributed by atoms with Crippen LogP contribution in [0, 0.1) is 17.1 Å². The number of nitriles is 1. The first kappa shape index (κ1) is 15.0. The average molecular weight is 263 g/mol. The van der Waals surface area contributed by atoms with Crippen LogP contribution in [0.4, 0.5) is 10.1 Å². The van der Waals surface area contributed by atoms with Gasteiger partial charge in [-0.2, -0.15) is 5.26 Å². The predicted octanol–water partition coefficient (Wildman–Crippen LogP) is 2.41. The molecule has 0 aliphatic rings. The van der Waals surface area contributed by atoms with E-state index in [0.29, 0.717) is 0 Å². The van der Waals surface area contributed by atoms with Crippen molar-refractivity contribution < 1.29 is 9.18 Å². The van der Waals surface area contributed by atoms with Crippen LogP contribution >= 0.6 is 0 Å². The molecule has 19 heavy (non-hydrogen) atoms. The van der Waals surface area contributed by atoms with E-state index in [1.54, 1.807) is 0 Å². The van der Waals surface area contributed by atoms with Crippen LogP contribution in [0.15, 0.2) is 18.2 Å². The van der Waals surface area contributed by atoms with E-state index < -0.39 is 5.82 Å².